The molecule has 0 amide bonds. The Balaban J connectivity index is 0.000000292. The molecular formula is C7H8N2O4S. The van der Waals surface area contributed by atoms with Gasteiger partial charge in [0.1, 0.15) is 6.07 Å². The summed E-state index contributed by atoms with van der Waals surface area (Å²) in [6.45, 7) is 0. The molecule has 0 aliphatic heterocycles. The first kappa shape index (κ1) is 12.4. The van der Waals surface area contributed by atoms with Crippen LogP contribution in [-0.4, -0.2) is 17.5 Å². The lowest BCUT2D eigenvalue weighted by Gasteiger charge is -1.91. The van der Waals surface area contributed by atoms with Crippen molar-refractivity contribution in [1.29, 1.82) is 5.26 Å². The van der Waals surface area contributed by atoms with Gasteiger partial charge in [-0.05, 0) is 12.1 Å². The molecule has 0 heterocycles. The minimum absolute atomic E-state index is 0.539. The highest BCUT2D eigenvalue weighted by Gasteiger charge is 1.90. The maximum atomic E-state index is 8.74. The quantitative estimate of drug-likeness (QED) is 0.428. The maximum Gasteiger partial charge on any atom is 0.394 e. The van der Waals surface area contributed by atoms with Crippen LogP contribution in [0.1, 0.15) is 5.56 Å². The molecule has 0 radical (unpaired) electrons. The Bertz CT molecular complexity index is 427. The van der Waals surface area contributed by atoms with E-state index in [-0.39, 0.29) is 0 Å². The molecule has 0 bridgehead atoms. The number of rotatable bonds is 0. The highest BCUT2D eigenvalue weighted by Crippen LogP contribution is 2.06. The number of nitrogen functional groups attached to an aromatic ring is 1. The van der Waals surface area contributed by atoms with E-state index in [1.165, 1.54) is 0 Å². The summed E-state index contributed by atoms with van der Waals surface area (Å²) < 4.78 is 31.6. The molecule has 0 atom stereocenters. The summed E-state index contributed by atoms with van der Waals surface area (Å²) >= 11 is 0. The van der Waals surface area contributed by atoms with Crippen LogP contribution < -0.4 is 5.73 Å². The molecule has 0 unspecified atom stereocenters. The molecule has 0 aliphatic carbocycles. The fourth-order valence-corrected chi connectivity index (χ4v) is 0.599. The van der Waals surface area contributed by atoms with Crippen LogP contribution in [-0.2, 0) is 10.4 Å². The molecule has 0 aliphatic rings. The lowest BCUT2D eigenvalue weighted by atomic mass is 10.2. The Hall–Kier alpha value is -1.62. The van der Waals surface area contributed by atoms with Crippen molar-refractivity contribution in [1.82, 2.24) is 0 Å². The second-order valence-electron chi connectivity index (χ2n) is 2.15. The van der Waals surface area contributed by atoms with Gasteiger partial charge in [0.15, 0.2) is 0 Å². The van der Waals surface area contributed by atoms with Crippen LogP contribution in [0.3, 0.4) is 0 Å². The molecule has 6 nitrogen and oxygen atoms in total. The van der Waals surface area contributed by atoms with Crippen LogP contribution in [0.25, 0.3) is 0 Å². The van der Waals surface area contributed by atoms with E-state index in [1.54, 1.807) is 24.3 Å². The number of anilines is 1. The van der Waals surface area contributed by atoms with E-state index in [0.29, 0.717) is 11.3 Å². The molecule has 1 aromatic carbocycles. The summed E-state index contributed by atoms with van der Waals surface area (Å²) in [5, 5.41) is 8.39. The van der Waals surface area contributed by atoms with Crippen LogP contribution in [0, 0.1) is 11.3 Å². The van der Waals surface area contributed by atoms with Crippen LogP contribution in [0.2, 0.25) is 0 Å². The summed E-state index contributed by atoms with van der Waals surface area (Å²) in [6.07, 6.45) is 0. The van der Waals surface area contributed by atoms with Gasteiger partial charge in [-0.25, -0.2) is 0 Å². The number of nitriles is 1. The van der Waals surface area contributed by atoms with E-state index >= 15 is 0 Å². The van der Waals surface area contributed by atoms with Gasteiger partial charge in [0, 0.05) is 5.69 Å². The van der Waals surface area contributed by atoms with Gasteiger partial charge < -0.3 is 5.73 Å². The predicted octanol–water partition coefficient (Wildman–Crippen LogP) is 0.488. The zero-order valence-electron chi connectivity index (χ0n) is 6.95. The SMILES string of the molecule is N#Cc1ccccc1N.O=S(=O)(O)O. The Morgan fingerprint density at radius 2 is 1.71 bits per heavy atom. The van der Waals surface area contributed by atoms with E-state index in [0.717, 1.165) is 0 Å². The number of para-hydroxylation sites is 1. The highest BCUT2D eigenvalue weighted by atomic mass is 32.3. The van der Waals surface area contributed by atoms with Crippen molar-refractivity contribution >= 4 is 16.1 Å². The van der Waals surface area contributed by atoms with E-state index in [9.17, 15) is 0 Å². The second kappa shape index (κ2) is 5.18. The third kappa shape index (κ3) is 7.05. The Morgan fingerprint density at radius 3 is 2.00 bits per heavy atom. The highest BCUT2D eigenvalue weighted by molar-refractivity contribution is 7.79. The summed E-state index contributed by atoms with van der Waals surface area (Å²) in [5.41, 5.74) is 6.49. The molecule has 0 saturated carbocycles. The van der Waals surface area contributed by atoms with Gasteiger partial charge in [-0.15, -0.1) is 0 Å². The van der Waals surface area contributed by atoms with Gasteiger partial charge in [-0.3, -0.25) is 9.11 Å². The van der Waals surface area contributed by atoms with Crippen LogP contribution in [0.4, 0.5) is 5.69 Å². The summed E-state index contributed by atoms with van der Waals surface area (Å²) in [4.78, 5) is 0. The fraction of sp³-hybridized carbons (Fsp3) is 0. The number of hydrogen-bond acceptors (Lipinski definition) is 4. The molecule has 7 heteroatoms. The zero-order chi connectivity index (χ0) is 11.2. The van der Waals surface area contributed by atoms with Gasteiger partial charge in [0.05, 0.1) is 5.56 Å². The molecule has 0 fully saturated rings. The van der Waals surface area contributed by atoms with Crippen molar-refractivity contribution in [2.24, 2.45) is 0 Å². The summed E-state index contributed by atoms with van der Waals surface area (Å²) in [6, 6.07) is 8.96. The van der Waals surface area contributed by atoms with Crippen molar-refractivity contribution in [3.63, 3.8) is 0 Å². The van der Waals surface area contributed by atoms with E-state index in [2.05, 4.69) is 0 Å². The maximum absolute atomic E-state index is 8.74. The molecule has 0 saturated heterocycles. The summed E-state index contributed by atoms with van der Waals surface area (Å²) in [5.74, 6) is 0. The molecule has 1 aromatic rings. The van der Waals surface area contributed by atoms with Crippen molar-refractivity contribution in [2.75, 3.05) is 5.73 Å². The van der Waals surface area contributed by atoms with Crippen LogP contribution in [0.5, 0.6) is 0 Å². The van der Waals surface area contributed by atoms with Gasteiger partial charge in [-0.2, -0.15) is 13.7 Å². The van der Waals surface area contributed by atoms with E-state index < -0.39 is 10.4 Å². The Labute approximate surface area is 81.2 Å². The minimum atomic E-state index is -4.67. The molecule has 0 spiro atoms. The monoisotopic (exact) mass is 216 g/mol. The van der Waals surface area contributed by atoms with Crippen molar-refractivity contribution in [3.05, 3.63) is 29.8 Å². The molecule has 76 valence electrons. The molecule has 4 N–H and O–H groups in total. The van der Waals surface area contributed by atoms with Crippen LogP contribution >= 0.6 is 0 Å². The molecule has 14 heavy (non-hydrogen) atoms. The first-order valence-electron chi connectivity index (χ1n) is 3.29. The normalized spacial score (nSPS) is 9.50. The Morgan fingerprint density at radius 1 is 1.29 bits per heavy atom. The van der Waals surface area contributed by atoms with Gasteiger partial charge in [-0.1, -0.05) is 12.1 Å². The van der Waals surface area contributed by atoms with Gasteiger partial charge >= 0.3 is 10.4 Å². The fourth-order valence-electron chi connectivity index (χ4n) is 0.599. The average Bonchev–Trinajstić information content (AvgIpc) is 2.02. The first-order valence-corrected chi connectivity index (χ1v) is 4.69. The summed E-state index contributed by atoms with van der Waals surface area (Å²) in [7, 11) is -4.67. The first-order chi connectivity index (χ1) is 6.34. The number of benzene rings is 1. The lowest BCUT2D eigenvalue weighted by Crippen LogP contribution is -1.89. The molecular weight excluding hydrogens is 208 g/mol. The van der Waals surface area contributed by atoms with E-state index in [4.69, 9.17) is 28.5 Å². The number of nitrogens with zero attached hydrogens (tertiary/aromatic N) is 1. The topological polar surface area (TPSA) is 124 Å². The Kier molecular flexibility index (Phi) is 4.58. The largest absolute Gasteiger partial charge is 0.398 e. The lowest BCUT2D eigenvalue weighted by molar-refractivity contribution is 0.381. The van der Waals surface area contributed by atoms with E-state index in [1.807, 2.05) is 6.07 Å². The van der Waals surface area contributed by atoms with Gasteiger partial charge in [0.2, 0.25) is 0 Å². The predicted molar refractivity (Wildman–Crippen MR) is 49.7 cm³/mol. The molecule has 0 aromatic heterocycles. The number of nitrogens with two attached hydrogens (primary N) is 1. The number of hydrogen-bond donors (Lipinski definition) is 3. The minimum Gasteiger partial charge on any atom is -0.398 e. The molecule has 1 rings (SSSR count). The third-order valence-corrected chi connectivity index (χ3v) is 1.08. The van der Waals surface area contributed by atoms with Crippen molar-refractivity contribution in [3.8, 4) is 6.07 Å². The van der Waals surface area contributed by atoms with Crippen molar-refractivity contribution < 1.29 is 17.5 Å². The zero-order valence-corrected chi connectivity index (χ0v) is 7.77. The second-order valence-corrected chi connectivity index (χ2v) is 3.04. The third-order valence-electron chi connectivity index (χ3n) is 1.08. The standard InChI is InChI=1S/C7H6N2.H2O4S/c8-5-6-3-1-2-4-7(6)9;1-5(2,3)4/h1-4H,9H2;(H2,1,2,3,4). The van der Waals surface area contributed by atoms with Crippen LogP contribution in [0.15, 0.2) is 24.3 Å². The smallest absolute Gasteiger partial charge is 0.394 e. The van der Waals surface area contributed by atoms with Gasteiger partial charge in [0.25, 0.3) is 0 Å². The van der Waals surface area contributed by atoms with Crippen molar-refractivity contribution in [2.45, 2.75) is 0 Å². The average molecular weight is 216 g/mol.